The summed E-state index contributed by atoms with van der Waals surface area (Å²) < 4.78 is 59.8. The van der Waals surface area contributed by atoms with Gasteiger partial charge in [0.25, 0.3) is 0 Å². The minimum atomic E-state index is -5.11. The van der Waals surface area contributed by atoms with Crippen LogP contribution in [0.4, 0.5) is 13.2 Å². The number of hydrogen-bond donors (Lipinski definition) is 1. The average Bonchev–Trinajstić information content (AvgIpc) is 2.63. The summed E-state index contributed by atoms with van der Waals surface area (Å²) in [5.74, 6) is -4.30. The Bertz CT molecular complexity index is 611. The summed E-state index contributed by atoms with van der Waals surface area (Å²) in [7, 11) is 0. The van der Waals surface area contributed by atoms with E-state index in [1.54, 1.807) is 6.08 Å². The van der Waals surface area contributed by atoms with Gasteiger partial charge in [-0.15, -0.1) is 6.58 Å². The molecule has 1 saturated heterocycles. The molecule has 0 saturated carbocycles. The van der Waals surface area contributed by atoms with E-state index >= 15 is 0 Å². The first kappa shape index (κ1) is 25.9. The number of alkyl halides is 3. The van der Waals surface area contributed by atoms with Gasteiger partial charge in [-0.05, 0) is 19.3 Å². The van der Waals surface area contributed by atoms with Crippen LogP contribution in [0.25, 0.3) is 0 Å². The molecule has 0 aromatic carbocycles. The third-order valence-corrected chi connectivity index (χ3v) is 4.45. The molecular formula is C19H28F3NO7. The predicted molar refractivity (Wildman–Crippen MR) is 98.0 cm³/mol. The molecule has 0 spiro atoms. The van der Waals surface area contributed by atoms with Crippen molar-refractivity contribution in [3.63, 3.8) is 0 Å². The monoisotopic (exact) mass is 439 g/mol. The van der Waals surface area contributed by atoms with E-state index in [0.29, 0.717) is 6.42 Å². The number of amides is 1. The Morgan fingerprint density at radius 2 is 1.83 bits per heavy atom. The largest absolute Gasteiger partial charge is 0.471 e. The lowest BCUT2D eigenvalue weighted by Gasteiger charge is -2.44. The van der Waals surface area contributed by atoms with Crippen molar-refractivity contribution in [1.29, 1.82) is 0 Å². The maximum absolute atomic E-state index is 12.8. The Hall–Kier alpha value is -2.14. The highest BCUT2D eigenvalue weighted by Crippen LogP contribution is 2.30. The van der Waals surface area contributed by atoms with E-state index in [2.05, 4.69) is 6.58 Å². The van der Waals surface area contributed by atoms with Gasteiger partial charge in [0.05, 0.1) is 6.04 Å². The lowest BCUT2D eigenvalue weighted by atomic mass is 9.88. The van der Waals surface area contributed by atoms with Crippen LogP contribution >= 0.6 is 0 Å². The van der Waals surface area contributed by atoms with Gasteiger partial charge in [-0.25, -0.2) is 0 Å². The minimum Gasteiger partial charge on any atom is -0.463 e. The predicted octanol–water partition coefficient (Wildman–Crippen LogP) is 2.26. The van der Waals surface area contributed by atoms with Gasteiger partial charge < -0.3 is 24.3 Å². The summed E-state index contributed by atoms with van der Waals surface area (Å²) in [4.78, 5) is 34.2. The van der Waals surface area contributed by atoms with Crippen molar-refractivity contribution in [3.05, 3.63) is 12.7 Å². The second-order valence-electron chi connectivity index (χ2n) is 6.93. The standard InChI is InChI=1S/C19H28F3NO7/c1-5-6-7-8-9-27-17-15(23-18(26)19(20,21)22)11(2)16(29-13(4)25)14(30-17)10-28-12(3)24/h5,11,14-17H,1,6-10H2,2-4H3,(H,23,26)/t11-,14?,15?,16-,17?/m1/s1. The van der Waals surface area contributed by atoms with E-state index in [9.17, 15) is 27.6 Å². The molecule has 1 rings (SSSR count). The Morgan fingerprint density at radius 3 is 2.37 bits per heavy atom. The first-order chi connectivity index (χ1) is 14.0. The lowest BCUT2D eigenvalue weighted by Crippen LogP contribution is -2.63. The summed E-state index contributed by atoms with van der Waals surface area (Å²) in [6.45, 7) is 7.25. The molecule has 30 heavy (non-hydrogen) atoms. The molecule has 1 N–H and O–H groups in total. The SMILES string of the molecule is C=CCCCCOC1OC(COC(C)=O)[C@H](OC(C)=O)[C@H](C)C1NC(=O)C(F)(F)F. The van der Waals surface area contributed by atoms with Gasteiger partial charge in [0.1, 0.15) is 18.8 Å². The zero-order valence-electron chi connectivity index (χ0n) is 17.2. The minimum absolute atomic E-state index is 0.155. The molecule has 1 aliphatic rings. The van der Waals surface area contributed by atoms with Crippen LogP contribution in [0.2, 0.25) is 0 Å². The van der Waals surface area contributed by atoms with Crippen molar-refractivity contribution in [2.24, 2.45) is 5.92 Å². The molecule has 1 heterocycles. The molecule has 0 aliphatic carbocycles. The Balaban J connectivity index is 3.03. The summed E-state index contributed by atoms with van der Waals surface area (Å²) in [5, 5.41) is 1.87. The number of allylic oxidation sites excluding steroid dienone is 1. The van der Waals surface area contributed by atoms with E-state index in [4.69, 9.17) is 18.9 Å². The highest BCUT2D eigenvalue weighted by Gasteiger charge is 2.50. The molecular weight excluding hydrogens is 411 g/mol. The number of hydrogen-bond acceptors (Lipinski definition) is 7. The molecule has 0 aromatic rings. The van der Waals surface area contributed by atoms with Crippen molar-refractivity contribution >= 4 is 17.8 Å². The smallest absolute Gasteiger partial charge is 0.463 e. The summed E-state index contributed by atoms with van der Waals surface area (Å²) in [5.41, 5.74) is 0. The van der Waals surface area contributed by atoms with Crippen molar-refractivity contribution in [2.45, 2.75) is 70.7 Å². The van der Waals surface area contributed by atoms with E-state index in [1.807, 2.05) is 5.32 Å². The molecule has 5 atom stereocenters. The third kappa shape index (κ3) is 8.31. The fourth-order valence-corrected chi connectivity index (χ4v) is 3.00. The fourth-order valence-electron chi connectivity index (χ4n) is 3.00. The summed E-state index contributed by atoms with van der Waals surface area (Å²) in [6, 6.07) is -1.25. The molecule has 1 fully saturated rings. The second kappa shape index (κ2) is 11.9. The normalized spacial score (nSPS) is 26.5. The van der Waals surface area contributed by atoms with E-state index < -0.39 is 54.5 Å². The Morgan fingerprint density at radius 1 is 1.17 bits per heavy atom. The summed E-state index contributed by atoms with van der Waals surface area (Å²) >= 11 is 0. The topological polar surface area (TPSA) is 100 Å². The molecule has 8 nitrogen and oxygen atoms in total. The number of halogens is 3. The van der Waals surface area contributed by atoms with Gasteiger partial charge in [-0.1, -0.05) is 13.0 Å². The maximum atomic E-state index is 12.8. The maximum Gasteiger partial charge on any atom is 0.471 e. The van der Waals surface area contributed by atoms with Crippen LogP contribution < -0.4 is 5.32 Å². The second-order valence-corrected chi connectivity index (χ2v) is 6.93. The first-order valence-corrected chi connectivity index (χ1v) is 9.53. The molecule has 0 radical (unpaired) electrons. The van der Waals surface area contributed by atoms with Crippen molar-refractivity contribution in [3.8, 4) is 0 Å². The number of carbonyl (C=O) groups excluding carboxylic acids is 3. The van der Waals surface area contributed by atoms with Gasteiger partial charge in [-0.2, -0.15) is 13.2 Å². The van der Waals surface area contributed by atoms with Crippen molar-refractivity contribution in [1.82, 2.24) is 5.32 Å². The van der Waals surface area contributed by atoms with E-state index in [-0.39, 0.29) is 13.2 Å². The number of ether oxygens (including phenoxy) is 4. The van der Waals surface area contributed by atoms with Crippen LogP contribution in [0.15, 0.2) is 12.7 Å². The van der Waals surface area contributed by atoms with Crippen LogP contribution in [0.3, 0.4) is 0 Å². The van der Waals surface area contributed by atoms with Crippen LogP contribution in [0, 0.1) is 5.92 Å². The lowest BCUT2D eigenvalue weighted by molar-refractivity contribution is -0.264. The molecule has 172 valence electrons. The highest BCUT2D eigenvalue weighted by atomic mass is 19.4. The van der Waals surface area contributed by atoms with Gasteiger partial charge >= 0.3 is 24.0 Å². The number of nitrogens with one attached hydrogen (secondary N) is 1. The van der Waals surface area contributed by atoms with Crippen LogP contribution in [-0.4, -0.2) is 61.8 Å². The van der Waals surface area contributed by atoms with Crippen molar-refractivity contribution in [2.75, 3.05) is 13.2 Å². The van der Waals surface area contributed by atoms with Gasteiger partial charge in [-0.3, -0.25) is 14.4 Å². The van der Waals surface area contributed by atoms with E-state index in [0.717, 1.165) is 19.8 Å². The molecule has 11 heteroatoms. The van der Waals surface area contributed by atoms with Crippen LogP contribution in [0.5, 0.6) is 0 Å². The molecule has 1 amide bonds. The van der Waals surface area contributed by atoms with E-state index in [1.165, 1.54) is 13.8 Å². The van der Waals surface area contributed by atoms with Crippen molar-refractivity contribution < 1.29 is 46.5 Å². The number of unbranched alkanes of at least 4 members (excludes halogenated alkanes) is 2. The van der Waals surface area contributed by atoms with Gasteiger partial charge in [0.15, 0.2) is 6.29 Å². The zero-order chi connectivity index (χ0) is 22.9. The molecule has 3 unspecified atom stereocenters. The Kier molecular flexibility index (Phi) is 10.3. The quantitative estimate of drug-likeness (QED) is 0.317. The number of rotatable bonds is 10. The molecule has 0 aromatic heterocycles. The molecule has 1 aliphatic heterocycles. The Labute approximate surface area is 173 Å². The number of carbonyl (C=O) groups is 3. The highest BCUT2D eigenvalue weighted by molar-refractivity contribution is 5.82. The first-order valence-electron chi connectivity index (χ1n) is 9.53. The van der Waals surface area contributed by atoms with Gasteiger partial charge in [0.2, 0.25) is 0 Å². The van der Waals surface area contributed by atoms with Gasteiger partial charge in [0, 0.05) is 26.4 Å². The fraction of sp³-hybridized carbons (Fsp3) is 0.737. The van der Waals surface area contributed by atoms with Crippen LogP contribution in [0.1, 0.15) is 40.0 Å². The number of esters is 2. The summed E-state index contributed by atoms with van der Waals surface area (Å²) in [6.07, 6.45) is -4.62. The van der Waals surface area contributed by atoms with Crippen LogP contribution in [-0.2, 0) is 33.3 Å². The third-order valence-electron chi connectivity index (χ3n) is 4.45. The molecule has 0 bridgehead atoms. The average molecular weight is 439 g/mol. The zero-order valence-corrected chi connectivity index (χ0v) is 17.2.